The Morgan fingerprint density at radius 2 is 1.77 bits per heavy atom. The number of benzene rings is 2. The number of sulfone groups is 1. The van der Waals surface area contributed by atoms with Crippen LogP contribution in [0, 0.1) is 5.92 Å². The molecule has 140 valence electrons. The Morgan fingerprint density at radius 1 is 1.12 bits per heavy atom. The second kappa shape index (κ2) is 8.82. The number of carbonyl (C=O) groups is 1. The molecule has 1 amide bonds. The van der Waals surface area contributed by atoms with E-state index < -0.39 is 9.84 Å². The van der Waals surface area contributed by atoms with Gasteiger partial charge < -0.3 is 15.4 Å². The minimum Gasteiger partial charge on any atom is -0.456 e. The van der Waals surface area contributed by atoms with Crippen LogP contribution < -0.4 is 15.4 Å². The van der Waals surface area contributed by atoms with Crippen molar-refractivity contribution in [2.45, 2.75) is 18.7 Å². The Hall–Kier alpha value is -2.38. The van der Waals surface area contributed by atoms with Crippen molar-refractivity contribution in [3.8, 4) is 11.5 Å². The Balaban J connectivity index is 2.12. The first-order chi connectivity index (χ1) is 12.4. The van der Waals surface area contributed by atoms with E-state index in [1.807, 2.05) is 6.92 Å². The van der Waals surface area contributed by atoms with E-state index in [0.717, 1.165) is 0 Å². The Labute approximate surface area is 154 Å². The lowest BCUT2D eigenvalue weighted by Gasteiger charge is -2.13. The minimum absolute atomic E-state index is 0.00312. The zero-order valence-electron chi connectivity index (χ0n) is 15.2. The summed E-state index contributed by atoms with van der Waals surface area (Å²) in [5.74, 6) is 0.552. The maximum atomic E-state index is 12.2. The van der Waals surface area contributed by atoms with E-state index in [1.54, 1.807) is 56.4 Å². The number of amides is 1. The predicted molar refractivity (Wildman–Crippen MR) is 102 cm³/mol. The number of rotatable bonds is 8. The first-order valence-electron chi connectivity index (χ1n) is 8.42. The third-order valence-electron chi connectivity index (χ3n) is 3.87. The highest BCUT2D eigenvalue weighted by molar-refractivity contribution is 7.91. The topological polar surface area (TPSA) is 84.5 Å². The zero-order chi connectivity index (χ0) is 19.2. The summed E-state index contributed by atoms with van der Waals surface area (Å²) in [5, 5.41) is 5.79. The van der Waals surface area contributed by atoms with E-state index in [-0.39, 0.29) is 28.2 Å². The molecule has 26 heavy (non-hydrogen) atoms. The number of hydrogen-bond donors (Lipinski definition) is 2. The average molecular weight is 376 g/mol. The number of anilines is 1. The Kier molecular flexibility index (Phi) is 6.76. The summed E-state index contributed by atoms with van der Waals surface area (Å²) in [6.45, 7) is 4.03. The second-order valence-corrected chi connectivity index (χ2v) is 8.17. The van der Waals surface area contributed by atoms with Crippen LogP contribution in [0.3, 0.4) is 0 Å². The number of para-hydroxylation sites is 1. The highest BCUT2D eigenvalue weighted by atomic mass is 32.2. The van der Waals surface area contributed by atoms with Crippen LogP contribution in [0.4, 0.5) is 5.69 Å². The highest BCUT2D eigenvalue weighted by Crippen LogP contribution is 2.30. The molecule has 0 saturated carbocycles. The molecule has 7 heteroatoms. The molecule has 2 aromatic rings. The van der Waals surface area contributed by atoms with Crippen LogP contribution in [0.5, 0.6) is 11.5 Å². The second-order valence-electron chi connectivity index (χ2n) is 5.92. The molecule has 0 heterocycles. The van der Waals surface area contributed by atoms with Gasteiger partial charge in [-0.3, -0.25) is 4.79 Å². The number of ether oxygens (including phenoxy) is 1. The largest absolute Gasteiger partial charge is 0.456 e. The summed E-state index contributed by atoms with van der Waals surface area (Å²) in [6.07, 6.45) is 0. The van der Waals surface area contributed by atoms with Crippen LogP contribution in [-0.2, 0) is 14.6 Å². The first kappa shape index (κ1) is 19.9. The van der Waals surface area contributed by atoms with Crippen LogP contribution in [0.1, 0.15) is 13.8 Å². The molecule has 0 fully saturated rings. The van der Waals surface area contributed by atoms with Crippen molar-refractivity contribution in [2.24, 2.45) is 5.92 Å². The van der Waals surface area contributed by atoms with Crippen molar-refractivity contribution in [1.82, 2.24) is 5.32 Å². The van der Waals surface area contributed by atoms with Gasteiger partial charge in [-0.15, -0.1) is 0 Å². The molecule has 1 atom stereocenters. The standard InChI is InChI=1S/C19H24N2O4S/c1-4-26(23,24)18-8-6-5-7-17(18)25-16-11-9-15(10-12-16)21-19(22)14(2)13-20-3/h5-12,14,20H,4,13H2,1-3H3,(H,21,22). The van der Waals surface area contributed by atoms with Crippen molar-refractivity contribution >= 4 is 21.4 Å². The fraction of sp³-hybridized carbons (Fsp3) is 0.316. The first-order valence-corrected chi connectivity index (χ1v) is 10.1. The number of hydrogen-bond acceptors (Lipinski definition) is 5. The maximum Gasteiger partial charge on any atom is 0.228 e. The van der Waals surface area contributed by atoms with E-state index >= 15 is 0 Å². The Morgan fingerprint density at radius 3 is 2.38 bits per heavy atom. The third-order valence-corrected chi connectivity index (χ3v) is 5.64. The van der Waals surface area contributed by atoms with E-state index in [1.165, 1.54) is 6.07 Å². The predicted octanol–water partition coefficient (Wildman–Crippen LogP) is 3.07. The van der Waals surface area contributed by atoms with Crippen LogP contribution in [0.25, 0.3) is 0 Å². The van der Waals surface area contributed by atoms with Gasteiger partial charge in [0.25, 0.3) is 0 Å². The summed E-state index contributed by atoms with van der Waals surface area (Å²) in [7, 11) is -1.58. The Bertz CT molecular complexity index is 848. The fourth-order valence-corrected chi connectivity index (χ4v) is 3.36. The van der Waals surface area contributed by atoms with E-state index in [2.05, 4.69) is 10.6 Å². The van der Waals surface area contributed by atoms with Gasteiger partial charge in [0.1, 0.15) is 16.4 Å². The van der Waals surface area contributed by atoms with Gasteiger partial charge in [0.05, 0.1) is 5.75 Å². The SMILES string of the molecule is CCS(=O)(=O)c1ccccc1Oc1ccc(NC(=O)C(C)CNC)cc1. The van der Waals surface area contributed by atoms with Gasteiger partial charge in [0, 0.05) is 18.2 Å². The van der Waals surface area contributed by atoms with Crippen LogP contribution >= 0.6 is 0 Å². The van der Waals surface area contributed by atoms with Gasteiger partial charge in [-0.2, -0.15) is 0 Å². The minimum atomic E-state index is -3.38. The van der Waals surface area contributed by atoms with Gasteiger partial charge in [-0.05, 0) is 43.4 Å². The molecular formula is C19H24N2O4S. The van der Waals surface area contributed by atoms with Crippen LogP contribution in [0.2, 0.25) is 0 Å². The molecule has 0 spiro atoms. The van der Waals surface area contributed by atoms with Crippen LogP contribution in [0.15, 0.2) is 53.4 Å². The molecule has 2 aromatic carbocycles. The van der Waals surface area contributed by atoms with Crippen molar-refractivity contribution in [3.63, 3.8) is 0 Å². The molecule has 2 rings (SSSR count). The van der Waals surface area contributed by atoms with E-state index in [9.17, 15) is 13.2 Å². The fourth-order valence-electron chi connectivity index (χ4n) is 2.34. The molecule has 0 saturated heterocycles. The summed E-state index contributed by atoms with van der Waals surface area (Å²) < 4.78 is 30.1. The molecule has 0 aliphatic carbocycles. The van der Waals surface area contributed by atoms with Gasteiger partial charge in [0.15, 0.2) is 9.84 Å². The normalized spacial score (nSPS) is 12.4. The third kappa shape index (κ3) is 5.06. The summed E-state index contributed by atoms with van der Waals surface area (Å²) in [5.41, 5.74) is 0.653. The molecule has 0 bridgehead atoms. The van der Waals surface area contributed by atoms with Gasteiger partial charge >= 0.3 is 0 Å². The smallest absolute Gasteiger partial charge is 0.228 e. The average Bonchev–Trinajstić information content (AvgIpc) is 2.64. The molecular weight excluding hydrogens is 352 g/mol. The monoisotopic (exact) mass is 376 g/mol. The summed E-state index contributed by atoms with van der Waals surface area (Å²) >= 11 is 0. The van der Waals surface area contributed by atoms with Crippen molar-refractivity contribution < 1.29 is 17.9 Å². The molecule has 6 nitrogen and oxygen atoms in total. The van der Waals surface area contributed by atoms with Crippen LogP contribution in [-0.4, -0.2) is 33.7 Å². The van der Waals surface area contributed by atoms with Gasteiger partial charge in [-0.1, -0.05) is 26.0 Å². The van der Waals surface area contributed by atoms with E-state index in [4.69, 9.17) is 4.74 Å². The van der Waals surface area contributed by atoms with E-state index in [0.29, 0.717) is 18.0 Å². The number of nitrogens with one attached hydrogen (secondary N) is 2. The molecule has 0 aliphatic rings. The molecule has 0 radical (unpaired) electrons. The van der Waals surface area contributed by atoms with Gasteiger partial charge in [0.2, 0.25) is 5.91 Å². The summed E-state index contributed by atoms with van der Waals surface area (Å²) in [4.78, 5) is 12.2. The molecule has 0 aromatic heterocycles. The highest BCUT2D eigenvalue weighted by Gasteiger charge is 2.17. The maximum absolute atomic E-state index is 12.2. The van der Waals surface area contributed by atoms with Crippen molar-refractivity contribution in [1.29, 1.82) is 0 Å². The lowest BCUT2D eigenvalue weighted by Crippen LogP contribution is -2.28. The molecule has 0 aliphatic heterocycles. The molecule has 2 N–H and O–H groups in total. The zero-order valence-corrected chi connectivity index (χ0v) is 16.0. The molecule has 1 unspecified atom stereocenters. The lowest BCUT2D eigenvalue weighted by atomic mass is 10.1. The quantitative estimate of drug-likeness (QED) is 0.740. The van der Waals surface area contributed by atoms with Gasteiger partial charge in [-0.25, -0.2) is 8.42 Å². The number of carbonyl (C=O) groups excluding carboxylic acids is 1. The lowest BCUT2D eigenvalue weighted by molar-refractivity contribution is -0.119. The van der Waals surface area contributed by atoms with Crippen molar-refractivity contribution in [3.05, 3.63) is 48.5 Å². The summed E-state index contributed by atoms with van der Waals surface area (Å²) in [6, 6.07) is 13.4. The van der Waals surface area contributed by atoms with Crippen molar-refractivity contribution in [2.75, 3.05) is 24.7 Å².